The van der Waals surface area contributed by atoms with Crippen LogP contribution in [0.5, 0.6) is 0 Å². The molecule has 2 saturated heterocycles. The molecular weight excluding hydrogens is 362 g/mol. The number of benzene rings is 2. The zero-order chi connectivity index (χ0) is 20.1. The van der Waals surface area contributed by atoms with Crippen LogP contribution in [0, 0.1) is 11.8 Å². The summed E-state index contributed by atoms with van der Waals surface area (Å²) in [7, 11) is 2.00. The van der Waals surface area contributed by atoms with Crippen molar-refractivity contribution < 1.29 is 9.59 Å². The molecule has 2 fully saturated rings. The van der Waals surface area contributed by atoms with E-state index in [2.05, 4.69) is 12.1 Å². The normalized spacial score (nSPS) is 23.6. The molecule has 0 saturated carbocycles. The van der Waals surface area contributed by atoms with Crippen molar-refractivity contribution in [3.05, 3.63) is 71.9 Å². The van der Waals surface area contributed by atoms with E-state index < -0.39 is 0 Å². The summed E-state index contributed by atoms with van der Waals surface area (Å²) in [6, 6.07) is 18.2. The molecule has 148 valence electrons. The van der Waals surface area contributed by atoms with Gasteiger partial charge in [-0.15, -0.1) is 0 Å². The molecule has 0 aliphatic carbocycles. The molecule has 2 amide bonds. The summed E-state index contributed by atoms with van der Waals surface area (Å²) in [5.74, 6) is 0.806. The Morgan fingerprint density at radius 1 is 0.931 bits per heavy atom. The molecule has 3 heterocycles. The molecule has 5 nitrogen and oxygen atoms in total. The number of fused-ring (bicyclic) bond motifs is 2. The molecule has 2 aromatic carbocycles. The van der Waals surface area contributed by atoms with Crippen LogP contribution in [0.3, 0.4) is 0 Å². The molecule has 3 atom stereocenters. The monoisotopic (exact) mass is 387 g/mol. The van der Waals surface area contributed by atoms with E-state index in [1.807, 2.05) is 70.1 Å². The fraction of sp³-hybridized carbons (Fsp3) is 0.333. The average Bonchev–Trinajstić information content (AvgIpc) is 3.40. The lowest BCUT2D eigenvalue weighted by Crippen LogP contribution is -2.36. The molecule has 29 heavy (non-hydrogen) atoms. The lowest BCUT2D eigenvalue weighted by Gasteiger charge is -2.29. The Morgan fingerprint density at radius 2 is 1.72 bits per heavy atom. The summed E-state index contributed by atoms with van der Waals surface area (Å²) >= 11 is 0. The number of amides is 2. The predicted octanol–water partition coefficient (Wildman–Crippen LogP) is 3.47. The van der Waals surface area contributed by atoms with Crippen LogP contribution in [0.1, 0.15) is 28.9 Å². The molecule has 2 aliphatic rings. The van der Waals surface area contributed by atoms with Gasteiger partial charge in [-0.05, 0) is 23.8 Å². The van der Waals surface area contributed by atoms with Gasteiger partial charge in [-0.1, -0.05) is 36.4 Å². The number of nitrogens with zero attached hydrogens (tertiary/aromatic N) is 3. The third kappa shape index (κ3) is 2.84. The summed E-state index contributed by atoms with van der Waals surface area (Å²) in [5, 5.41) is 1.00. The molecule has 5 rings (SSSR count). The predicted molar refractivity (Wildman–Crippen MR) is 112 cm³/mol. The third-order valence-electron chi connectivity index (χ3n) is 6.66. The molecule has 5 heteroatoms. The van der Waals surface area contributed by atoms with Crippen LogP contribution in [-0.2, 0) is 11.8 Å². The Bertz CT molecular complexity index is 1090. The van der Waals surface area contributed by atoms with E-state index in [1.165, 1.54) is 0 Å². The molecule has 3 aromatic rings. The Labute approximate surface area is 170 Å². The van der Waals surface area contributed by atoms with Crippen LogP contribution in [-0.4, -0.2) is 45.8 Å². The number of hydrogen-bond donors (Lipinski definition) is 0. The highest BCUT2D eigenvalue weighted by atomic mass is 16.2. The van der Waals surface area contributed by atoms with E-state index in [4.69, 9.17) is 0 Å². The van der Waals surface area contributed by atoms with Crippen molar-refractivity contribution in [2.24, 2.45) is 18.9 Å². The third-order valence-corrected chi connectivity index (χ3v) is 6.66. The van der Waals surface area contributed by atoms with E-state index in [9.17, 15) is 9.59 Å². The molecule has 0 radical (unpaired) electrons. The van der Waals surface area contributed by atoms with E-state index in [0.717, 1.165) is 28.6 Å². The minimum Gasteiger partial charge on any atom is -0.351 e. The van der Waals surface area contributed by atoms with Crippen LogP contribution in [0.4, 0.5) is 0 Å². The van der Waals surface area contributed by atoms with Crippen molar-refractivity contribution in [3.8, 4) is 0 Å². The summed E-state index contributed by atoms with van der Waals surface area (Å²) in [5.41, 5.74) is 3.00. The van der Waals surface area contributed by atoms with Gasteiger partial charge in [0.2, 0.25) is 5.91 Å². The molecule has 0 bridgehead atoms. The molecule has 2 aliphatic heterocycles. The molecule has 0 spiro atoms. The number of carbonyl (C=O) groups is 2. The first-order valence-electron chi connectivity index (χ1n) is 10.2. The van der Waals surface area contributed by atoms with Crippen LogP contribution in [0.2, 0.25) is 0 Å². The first-order valence-corrected chi connectivity index (χ1v) is 10.2. The standard InChI is InChI=1S/C24H25N3O2/c1-16(28)27-14-18-13-26(15-21(18)23(27)17-7-4-3-5-8-17)24(29)20-9-6-10-22-19(20)11-12-25(22)2/h3-12,18,21,23H,13-15H2,1-2H3/t18-,21-,23-/m1/s1. The van der Waals surface area contributed by atoms with E-state index in [0.29, 0.717) is 19.0 Å². The largest absolute Gasteiger partial charge is 0.351 e. The molecule has 1 aromatic heterocycles. The zero-order valence-electron chi connectivity index (χ0n) is 16.8. The van der Waals surface area contributed by atoms with Crippen molar-refractivity contribution in [1.29, 1.82) is 0 Å². The van der Waals surface area contributed by atoms with E-state index >= 15 is 0 Å². The minimum atomic E-state index is 0.0454. The highest BCUT2D eigenvalue weighted by Gasteiger charge is 2.49. The summed E-state index contributed by atoms with van der Waals surface area (Å²) in [4.78, 5) is 29.7. The Morgan fingerprint density at radius 3 is 2.48 bits per heavy atom. The Kier molecular flexibility index (Phi) is 4.19. The fourth-order valence-electron chi connectivity index (χ4n) is 5.27. The van der Waals surface area contributed by atoms with Crippen molar-refractivity contribution in [2.75, 3.05) is 19.6 Å². The minimum absolute atomic E-state index is 0.0454. The first-order chi connectivity index (χ1) is 14.0. The van der Waals surface area contributed by atoms with Gasteiger partial charge >= 0.3 is 0 Å². The summed E-state index contributed by atoms with van der Waals surface area (Å²) in [6.45, 7) is 3.77. The highest BCUT2D eigenvalue weighted by molar-refractivity contribution is 6.06. The van der Waals surface area contributed by atoms with Gasteiger partial charge in [-0.25, -0.2) is 0 Å². The van der Waals surface area contributed by atoms with Crippen LogP contribution in [0.25, 0.3) is 10.9 Å². The zero-order valence-corrected chi connectivity index (χ0v) is 16.8. The average molecular weight is 387 g/mol. The van der Waals surface area contributed by atoms with E-state index in [-0.39, 0.29) is 23.8 Å². The highest BCUT2D eigenvalue weighted by Crippen LogP contribution is 2.45. The maximum atomic E-state index is 13.4. The topological polar surface area (TPSA) is 45.6 Å². The van der Waals surface area contributed by atoms with Crippen molar-refractivity contribution in [2.45, 2.75) is 13.0 Å². The van der Waals surface area contributed by atoms with Gasteiger partial charge in [0.15, 0.2) is 0 Å². The van der Waals surface area contributed by atoms with Gasteiger partial charge in [-0.2, -0.15) is 0 Å². The Balaban J connectivity index is 1.45. The van der Waals surface area contributed by atoms with Gasteiger partial charge in [0.05, 0.1) is 6.04 Å². The number of aromatic nitrogens is 1. The maximum absolute atomic E-state index is 13.4. The number of carbonyl (C=O) groups excluding carboxylic acids is 2. The van der Waals surface area contributed by atoms with Gasteiger partial charge in [0, 0.05) is 68.1 Å². The van der Waals surface area contributed by atoms with Crippen molar-refractivity contribution in [3.63, 3.8) is 0 Å². The van der Waals surface area contributed by atoms with Gasteiger partial charge in [0.1, 0.15) is 0 Å². The first kappa shape index (κ1) is 18.0. The molecule has 0 N–H and O–H groups in total. The second-order valence-corrected chi connectivity index (χ2v) is 8.33. The number of rotatable bonds is 2. The maximum Gasteiger partial charge on any atom is 0.254 e. The fourth-order valence-corrected chi connectivity index (χ4v) is 5.27. The van der Waals surface area contributed by atoms with Crippen LogP contribution in [0.15, 0.2) is 60.8 Å². The number of likely N-dealkylation sites (tertiary alicyclic amines) is 2. The molecular formula is C24H25N3O2. The lowest BCUT2D eigenvalue weighted by atomic mass is 9.89. The van der Waals surface area contributed by atoms with Gasteiger partial charge in [-0.3, -0.25) is 9.59 Å². The lowest BCUT2D eigenvalue weighted by molar-refractivity contribution is -0.130. The van der Waals surface area contributed by atoms with Crippen LogP contribution < -0.4 is 0 Å². The number of hydrogen-bond acceptors (Lipinski definition) is 2. The van der Waals surface area contributed by atoms with Crippen LogP contribution >= 0.6 is 0 Å². The Hall–Kier alpha value is -3.08. The summed E-state index contributed by atoms with van der Waals surface area (Å²) in [6.07, 6.45) is 2.00. The van der Waals surface area contributed by atoms with E-state index in [1.54, 1.807) is 6.92 Å². The molecule has 0 unspecified atom stereocenters. The van der Waals surface area contributed by atoms with Gasteiger partial charge < -0.3 is 14.4 Å². The second kappa shape index (κ2) is 6.76. The quantitative estimate of drug-likeness (QED) is 0.676. The van der Waals surface area contributed by atoms with Gasteiger partial charge in [0.25, 0.3) is 5.91 Å². The van der Waals surface area contributed by atoms with Crippen molar-refractivity contribution >= 4 is 22.7 Å². The SMILES string of the molecule is CC(=O)N1C[C@H]2CN(C(=O)c3cccc4c3ccn4C)C[C@H]2[C@H]1c1ccccc1. The number of aryl methyl sites for hydroxylation is 1. The van der Waals surface area contributed by atoms with Crippen molar-refractivity contribution in [1.82, 2.24) is 14.4 Å². The second-order valence-electron chi connectivity index (χ2n) is 8.33. The summed E-state index contributed by atoms with van der Waals surface area (Å²) < 4.78 is 2.04. The smallest absolute Gasteiger partial charge is 0.254 e.